The first-order valence-electron chi connectivity index (χ1n) is 5.34. The molecule has 3 unspecified atom stereocenters. The number of rotatable bonds is 2. The van der Waals surface area contributed by atoms with Crippen LogP contribution in [-0.4, -0.2) is 14.7 Å². The van der Waals surface area contributed by atoms with E-state index in [4.69, 9.17) is 5.73 Å². The fraction of sp³-hybridized carbons (Fsp3) is 0.500. The summed E-state index contributed by atoms with van der Waals surface area (Å²) in [6.07, 6.45) is 0.863. The van der Waals surface area contributed by atoms with E-state index in [1.165, 1.54) is 11.1 Å². The normalized spacial score (nSPS) is 26.7. The van der Waals surface area contributed by atoms with Crippen LogP contribution in [-0.2, 0) is 17.2 Å². The zero-order chi connectivity index (χ0) is 11.0. The van der Waals surface area contributed by atoms with Crippen molar-refractivity contribution in [2.75, 3.05) is 0 Å². The van der Waals surface area contributed by atoms with E-state index in [2.05, 4.69) is 12.1 Å². The van der Waals surface area contributed by atoms with Crippen LogP contribution in [0.4, 0.5) is 0 Å². The van der Waals surface area contributed by atoms with Crippen LogP contribution >= 0.6 is 0 Å². The molecule has 0 fully saturated rings. The summed E-state index contributed by atoms with van der Waals surface area (Å²) in [5, 5.41) is 0.290. The molecule has 15 heavy (non-hydrogen) atoms. The minimum Gasteiger partial charge on any atom is -0.323 e. The minimum absolute atomic E-state index is 0.0515. The molecular weight excluding hydrogens is 206 g/mol. The van der Waals surface area contributed by atoms with Crippen molar-refractivity contribution < 1.29 is 4.21 Å². The topological polar surface area (TPSA) is 43.1 Å². The molecule has 0 bridgehead atoms. The molecule has 0 saturated carbocycles. The van der Waals surface area contributed by atoms with Gasteiger partial charge in [0, 0.05) is 22.1 Å². The summed E-state index contributed by atoms with van der Waals surface area (Å²) in [4.78, 5) is 0. The highest BCUT2D eigenvalue weighted by molar-refractivity contribution is 7.86. The van der Waals surface area contributed by atoms with Crippen LogP contribution in [0.15, 0.2) is 24.3 Å². The van der Waals surface area contributed by atoms with Gasteiger partial charge in [-0.05, 0) is 17.5 Å². The lowest BCUT2D eigenvalue weighted by Crippen LogP contribution is -2.30. The van der Waals surface area contributed by atoms with Gasteiger partial charge in [-0.25, -0.2) is 0 Å². The van der Waals surface area contributed by atoms with Crippen LogP contribution in [0.2, 0.25) is 0 Å². The number of nitrogens with two attached hydrogens (primary N) is 1. The molecule has 1 aliphatic carbocycles. The van der Waals surface area contributed by atoms with Crippen molar-refractivity contribution in [1.82, 2.24) is 0 Å². The van der Waals surface area contributed by atoms with Crippen molar-refractivity contribution in [3.8, 4) is 0 Å². The number of benzene rings is 1. The average molecular weight is 223 g/mol. The molecule has 3 atom stereocenters. The van der Waals surface area contributed by atoms with E-state index in [1.807, 2.05) is 26.0 Å². The zero-order valence-electron chi connectivity index (χ0n) is 9.14. The van der Waals surface area contributed by atoms with Gasteiger partial charge < -0.3 is 5.73 Å². The first kappa shape index (κ1) is 10.8. The quantitative estimate of drug-likeness (QED) is 0.830. The first-order valence-corrected chi connectivity index (χ1v) is 6.61. The number of fused-ring (bicyclic) bond motifs is 1. The van der Waals surface area contributed by atoms with Crippen LogP contribution in [0.1, 0.15) is 31.0 Å². The average Bonchev–Trinajstić information content (AvgIpc) is 2.56. The van der Waals surface area contributed by atoms with Crippen LogP contribution in [0.25, 0.3) is 0 Å². The smallest absolute Gasteiger partial charge is 0.0583 e. The maximum absolute atomic E-state index is 12.1. The van der Waals surface area contributed by atoms with Crippen molar-refractivity contribution in [3.63, 3.8) is 0 Å². The van der Waals surface area contributed by atoms with Gasteiger partial charge in [-0.3, -0.25) is 4.21 Å². The Morgan fingerprint density at radius 1 is 1.40 bits per heavy atom. The Kier molecular flexibility index (Phi) is 2.94. The lowest BCUT2D eigenvalue weighted by Gasteiger charge is -2.17. The Balaban J connectivity index is 2.27. The molecule has 0 radical (unpaired) electrons. The van der Waals surface area contributed by atoms with E-state index >= 15 is 0 Å². The van der Waals surface area contributed by atoms with Gasteiger partial charge in [-0.15, -0.1) is 0 Å². The third kappa shape index (κ3) is 1.86. The molecule has 0 spiro atoms. The van der Waals surface area contributed by atoms with Gasteiger partial charge in [0.2, 0.25) is 0 Å². The Bertz CT molecular complexity index is 389. The van der Waals surface area contributed by atoms with Crippen molar-refractivity contribution in [2.24, 2.45) is 5.73 Å². The molecule has 0 aromatic heterocycles. The van der Waals surface area contributed by atoms with Gasteiger partial charge in [0.25, 0.3) is 0 Å². The fourth-order valence-corrected chi connectivity index (χ4v) is 3.64. The Morgan fingerprint density at radius 2 is 2.07 bits per heavy atom. The van der Waals surface area contributed by atoms with Crippen molar-refractivity contribution in [2.45, 2.75) is 36.8 Å². The molecular formula is C12H17NOS. The van der Waals surface area contributed by atoms with Gasteiger partial charge in [0.05, 0.1) is 5.25 Å². The highest BCUT2D eigenvalue weighted by Gasteiger charge is 2.34. The lowest BCUT2D eigenvalue weighted by molar-refractivity contribution is 0.639. The third-order valence-electron chi connectivity index (χ3n) is 3.00. The van der Waals surface area contributed by atoms with E-state index in [9.17, 15) is 4.21 Å². The summed E-state index contributed by atoms with van der Waals surface area (Å²) in [5.41, 5.74) is 8.58. The van der Waals surface area contributed by atoms with E-state index in [0.717, 1.165) is 6.42 Å². The molecule has 0 saturated heterocycles. The summed E-state index contributed by atoms with van der Waals surface area (Å²) in [6, 6.07) is 8.11. The van der Waals surface area contributed by atoms with Gasteiger partial charge in [-0.2, -0.15) is 0 Å². The van der Waals surface area contributed by atoms with Crippen molar-refractivity contribution in [1.29, 1.82) is 0 Å². The van der Waals surface area contributed by atoms with Crippen LogP contribution < -0.4 is 5.73 Å². The molecule has 82 valence electrons. The molecule has 1 aromatic carbocycles. The summed E-state index contributed by atoms with van der Waals surface area (Å²) in [6.45, 7) is 3.98. The second-order valence-electron chi connectivity index (χ2n) is 4.34. The van der Waals surface area contributed by atoms with Crippen LogP contribution in [0.5, 0.6) is 0 Å². The van der Waals surface area contributed by atoms with E-state index in [0.29, 0.717) is 0 Å². The maximum Gasteiger partial charge on any atom is 0.0583 e. The molecule has 1 aromatic rings. The molecule has 0 amide bonds. The van der Waals surface area contributed by atoms with Gasteiger partial charge in [0.15, 0.2) is 0 Å². The number of hydrogen-bond donors (Lipinski definition) is 1. The number of hydrogen-bond acceptors (Lipinski definition) is 2. The summed E-state index contributed by atoms with van der Waals surface area (Å²) in [5.74, 6) is 0. The first-order chi connectivity index (χ1) is 7.11. The summed E-state index contributed by atoms with van der Waals surface area (Å²) in [7, 11) is -0.828. The second-order valence-corrected chi connectivity index (χ2v) is 6.55. The standard InChI is InChI=1S/C12H17NOS/c1-8(2)15(14)11-7-9-5-3-4-6-10(9)12(11)13/h3-6,8,11-12H,7,13H2,1-2H3. The molecule has 2 N–H and O–H groups in total. The molecule has 2 rings (SSSR count). The molecule has 1 aliphatic rings. The predicted octanol–water partition coefficient (Wildman–Crippen LogP) is 1.77. The van der Waals surface area contributed by atoms with Crippen LogP contribution in [0.3, 0.4) is 0 Å². The Morgan fingerprint density at radius 3 is 2.67 bits per heavy atom. The third-order valence-corrected chi connectivity index (χ3v) is 4.98. The summed E-state index contributed by atoms with van der Waals surface area (Å²) < 4.78 is 12.1. The highest BCUT2D eigenvalue weighted by Crippen LogP contribution is 2.33. The van der Waals surface area contributed by atoms with Gasteiger partial charge in [-0.1, -0.05) is 38.1 Å². The van der Waals surface area contributed by atoms with E-state index < -0.39 is 10.8 Å². The fourth-order valence-electron chi connectivity index (χ4n) is 2.17. The van der Waals surface area contributed by atoms with Gasteiger partial charge in [0.1, 0.15) is 0 Å². The molecule has 2 nitrogen and oxygen atoms in total. The molecule has 0 heterocycles. The van der Waals surface area contributed by atoms with Crippen molar-refractivity contribution >= 4 is 10.8 Å². The Labute approximate surface area is 93.3 Å². The van der Waals surface area contributed by atoms with Gasteiger partial charge >= 0.3 is 0 Å². The molecule has 0 aliphatic heterocycles. The maximum atomic E-state index is 12.1. The monoisotopic (exact) mass is 223 g/mol. The second kappa shape index (κ2) is 4.06. The SMILES string of the molecule is CC(C)S(=O)C1Cc2ccccc2C1N. The lowest BCUT2D eigenvalue weighted by atomic mass is 10.1. The Hall–Kier alpha value is -0.670. The van der Waals surface area contributed by atoms with Crippen molar-refractivity contribution in [3.05, 3.63) is 35.4 Å². The zero-order valence-corrected chi connectivity index (χ0v) is 9.96. The predicted molar refractivity (Wildman–Crippen MR) is 64.1 cm³/mol. The summed E-state index contributed by atoms with van der Waals surface area (Å²) >= 11 is 0. The minimum atomic E-state index is -0.828. The van der Waals surface area contributed by atoms with E-state index in [-0.39, 0.29) is 16.5 Å². The van der Waals surface area contributed by atoms with Crippen LogP contribution in [0, 0.1) is 0 Å². The largest absolute Gasteiger partial charge is 0.323 e. The highest BCUT2D eigenvalue weighted by atomic mass is 32.2. The van der Waals surface area contributed by atoms with E-state index in [1.54, 1.807) is 0 Å². The molecule has 3 heteroatoms.